The monoisotopic (exact) mass is 324 g/mol. The summed E-state index contributed by atoms with van der Waals surface area (Å²) in [6.45, 7) is 6.16. The first kappa shape index (κ1) is 13.5. The molecule has 0 spiro atoms. The molecule has 0 amide bonds. The third kappa shape index (κ3) is 3.11. The highest BCUT2D eigenvalue weighted by Gasteiger charge is 2.09. The van der Waals surface area contributed by atoms with Crippen LogP contribution in [0, 0.1) is 6.92 Å². The van der Waals surface area contributed by atoms with Gasteiger partial charge in [0.15, 0.2) is 0 Å². The largest absolute Gasteiger partial charge is 0.444 e. The molecule has 2 aromatic heterocycles. The zero-order valence-electron chi connectivity index (χ0n) is 10.4. The van der Waals surface area contributed by atoms with Gasteiger partial charge in [-0.15, -0.1) is 6.58 Å². The van der Waals surface area contributed by atoms with Crippen LogP contribution in [0.3, 0.4) is 0 Å². The molecule has 0 radical (unpaired) electrons. The molecule has 6 nitrogen and oxygen atoms in total. The first-order valence-electron chi connectivity index (χ1n) is 5.63. The van der Waals surface area contributed by atoms with E-state index < -0.39 is 0 Å². The van der Waals surface area contributed by atoms with Crippen molar-refractivity contribution in [2.75, 3.05) is 5.32 Å². The highest BCUT2D eigenvalue weighted by Crippen LogP contribution is 2.17. The van der Waals surface area contributed by atoms with Gasteiger partial charge in [0.05, 0.1) is 31.2 Å². The number of nitrogens with one attached hydrogen (secondary N) is 1. The summed E-state index contributed by atoms with van der Waals surface area (Å²) in [6.07, 6.45) is 4.83. The SMILES string of the molecule is C=CCn1ncc(NCc2ncc(C)o2)c(Br)c1=O. The maximum atomic E-state index is 11.9. The molecule has 7 heteroatoms. The Morgan fingerprint density at radius 3 is 3.00 bits per heavy atom. The fourth-order valence-electron chi connectivity index (χ4n) is 1.49. The molecule has 2 heterocycles. The normalized spacial score (nSPS) is 10.4. The van der Waals surface area contributed by atoms with E-state index in [4.69, 9.17) is 4.42 Å². The average Bonchev–Trinajstić information content (AvgIpc) is 2.80. The lowest BCUT2D eigenvalue weighted by molar-refractivity contribution is 0.479. The predicted molar refractivity (Wildman–Crippen MR) is 75.0 cm³/mol. The van der Waals surface area contributed by atoms with Crippen LogP contribution in [0.25, 0.3) is 0 Å². The van der Waals surface area contributed by atoms with Crippen molar-refractivity contribution in [2.45, 2.75) is 20.0 Å². The van der Waals surface area contributed by atoms with Crippen LogP contribution in [-0.2, 0) is 13.1 Å². The first-order valence-corrected chi connectivity index (χ1v) is 6.43. The molecule has 100 valence electrons. The zero-order chi connectivity index (χ0) is 13.8. The summed E-state index contributed by atoms with van der Waals surface area (Å²) in [7, 11) is 0. The molecule has 0 aliphatic carbocycles. The maximum Gasteiger partial charge on any atom is 0.283 e. The minimum atomic E-state index is -0.214. The molecule has 0 saturated carbocycles. The molecule has 1 N–H and O–H groups in total. The Hall–Kier alpha value is -1.89. The van der Waals surface area contributed by atoms with Gasteiger partial charge in [-0.2, -0.15) is 5.10 Å². The lowest BCUT2D eigenvalue weighted by atomic mass is 10.4. The minimum absolute atomic E-state index is 0.214. The maximum absolute atomic E-state index is 11.9. The van der Waals surface area contributed by atoms with Crippen molar-refractivity contribution in [2.24, 2.45) is 0 Å². The molecule has 0 aliphatic heterocycles. The van der Waals surface area contributed by atoms with Crippen LogP contribution >= 0.6 is 15.9 Å². The fourth-order valence-corrected chi connectivity index (χ4v) is 1.94. The number of aryl methyl sites for hydroxylation is 1. The summed E-state index contributed by atoms with van der Waals surface area (Å²) in [6, 6.07) is 0. The van der Waals surface area contributed by atoms with Gasteiger partial charge in [-0.1, -0.05) is 6.08 Å². The second-order valence-corrected chi connectivity index (χ2v) is 4.66. The minimum Gasteiger partial charge on any atom is -0.444 e. The van der Waals surface area contributed by atoms with E-state index in [0.29, 0.717) is 29.1 Å². The van der Waals surface area contributed by atoms with Crippen molar-refractivity contribution in [3.63, 3.8) is 0 Å². The number of rotatable bonds is 5. The van der Waals surface area contributed by atoms with Gasteiger partial charge in [0.25, 0.3) is 5.56 Å². The average molecular weight is 325 g/mol. The topological polar surface area (TPSA) is 73.0 Å². The number of halogens is 1. The van der Waals surface area contributed by atoms with E-state index in [1.54, 1.807) is 18.5 Å². The van der Waals surface area contributed by atoms with Crippen LogP contribution in [0.2, 0.25) is 0 Å². The van der Waals surface area contributed by atoms with Gasteiger partial charge in [-0.25, -0.2) is 9.67 Å². The van der Waals surface area contributed by atoms with Crippen LogP contribution in [0.15, 0.2) is 38.7 Å². The van der Waals surface area contributed by atoms with Crippen LogP contribution in [0.4, 0.5) is 5.69 Å². The predicted octanol–water partition coefficient (Wildman–Crippen LogP) is 2.10. The van der Waals surface area contributed by atoms with Gasteiger partial charge < -0.3 is 9.73 Å². The van der Waals surface area contributed by atoms with E-state index in [0.717, 1.165) is 5.76 Å². The van der Waals surface area contributed by atoms with Crippen molar-refractivity contribution < 1.29 is 4.42 Å². The van der Waals surface area contributed by atoms with Gasteiger partial charge in [0.1, 0.15) is 10.2 Å². The number of allylic oxidation sites excluding steroid dienone is 1. The van der Waals surface area contributed by atoms with Crippen molar-refractivity contribution in [1.29, 1.82) is 0 Å². The van der Waals surface area contributed by atoms with E-state index in [-0.39, 0.29) is 5.56 Å². The van der Waals surface area contributed by atoms with Gasteiger partial charge in [-0.3, -0.25) is 4.79 Å². The standard InChI is InChI=1S/C12H13BrN4O2/c1-3-4-17-12(18)11(13)9(6-16-17)14-7-10-15-5-8(2)19-10/h3,5-6,14H,1,4,7H2,2H3. The Morgan fingerprint density at radius 1 is 1.58 bits per heavy atom. The van der Waals surface area contributed by atoms with E-state index in [1.165, 1.54) is 4.68 Å². The van der Waals surface area contributed by atoms with Gasteiger partial charge in [0, 0.05) is 0 Å². The second kappa shape index (κ2) is 5.83. The molecular formula is C12H13BrN4O2. The van der Waals surface area contributed by atoms with E-state index in [1.807, 2.05) is 6.92 Å². The summed E-state index contributed by atoms with van der Waals surface area (Å²) >= 11 is 3.26. The zero-order valence-corrected chi connectivity index (χ0v) is 12.0. The van der Waals surface area contributed by atoms with Gasteiger partial charge in [0.2, 0.25) is 5.89 Å². The quantitative estimate of drug-likeness (QED) is 0.852. The number of anilines is 1. The Morgan fingerprint density at radius 2 is 2.37 bits per heavy atom. The molecule has 0 aliphatic rings. The molecule has 0 fully saturated rings. The Labute approximate surface area is 118 Å². The molecule has 0 saturated heterocycles. The molecule has 0 atom stereocenters. The summed E-state index contributed by atoms with van der Waals surface area (Å²) < 4.78 is 7.07. The number of oxazole rings is 1. The van der Waals surface area contributed by atoms with Crippen molar-refractivity contribution in [1.82, 2.24) is 14.8 Å². The molecular weight excluding hydrogens is 312 g/mol. The van der Waals surface area contributed by atoms with Crippen molar-refractivity contribution >= 4 is 21.6 Å². The van der Waals surface area contributed by atoms with Crippen LogP contribution < -0.4 is 10.9 Å². The molecule has 2 rings (SSSR count). The Bertz CT molecular complexity index is 647. The van der Waals surface area contributed by atoms with E-state index >= 15 is 0 Å². The molecule has 0 bridgehead atoms. The third-order valence-corrected chi connectivity index (χ3v) is 3.15. The van der Waals surface area contributed by atoms with Crippen LogP contribution in [-0.4, -0.2) is 14.8 Å². The fraction of sp³-hybridized carbons (Fsp3) is 0.250. The lowest BCUT2D eigenvalue weighted by Gasteiger charge is -2.07. The van der Waals surface area contributed by atoms with Crippen molar-refractivity contribution in [3.05, 3.63) is 51.5 Å². The Kier molecular flexibility index (Phi) is 4.16. The molecule has 2 aromatic rings. The van der Waals surface area contributed by atoms with Crippen molar-refractivity contribution in [3.8, 4) is 0 Å². The summed E-state index contributed by atoms with van der Waals surface area (Å²) in [5.41, 5.74) is 0.384. The third-order valence-electron chi connectivity index (χ3n) is 2.39. The summed E-state index contributed by atoms with van der Waals surface area (Å²) in [5, 5.41) is 7.08. The van der Waals surface area contributed by atoms with Gasteiger partial charge >= 0.3 is 0 Å². The number of hydrogen-bond donors (Lipinski definition) is 1. The lowest BCUT2D eigenvalue weighted by Crippen LogP contribution is -2.23. The van der Waals surface area contributed by atoms with Crippen LogP contribution in [0.1, 0.15) is 11.7 Å². The number of hydrogen-bond acceptors (Lipinski definition) is 5. The molecule has 0 aromatic carbocycles. The summed E-state index contributed by atoms with van der Waals surface area (Å²) in [5.74, 6) is 1.30. The molecule has 0 unspecified atom stereocenters. The second-order valence-electron chi connectivity index (χ2n) is 3.87. The van der Waals surface area contributed by atoms with Gasteiger partial charge in [-0.05, 0) is 22.9 Å². The highest BCUT2D eigenvalue weighted by atomic mass is 79.9. The van der Waals surface area contributed by atoms with Crippen LogP contribution in [0.5, 0.6) is 0 Å². The highest BCUT2D eigenvalue weighted by molar-refractivity contribution is 9.10. The van der Waals surface area contributed by atoms with E-state index in [9.17, 15) is 4.79 Å². The van der Waals surface area contributed by atoms with E-state index in [2.05, 4.69) is 37.9 Å². The molecule has 19 heavy (non-hydrogen) atoms. The summed E-state index contributed by atoms with van der Waals surface area (Å²) in [4.78, 5) is 16.0. The first-order chi connectivity index (χ1) is 9.11. The smallest absolute Gasteiger partial charge is 0.283 e. The number of aromatic nitrogens is 3. The Balaban J connectivity index is 2.15. The number of nitrogens with zero attached hydrogens (tertiary/aromatic N) is 3.